The van der Waals surface area contributed by atoms with Crippen molar-refractivity contribution < 1.29 is 14.7 Å². The van der Waals surface area contributed by atoms with Gasteiger partial charge in [0.25, 0.3) is 0 Å². The van der Waals surface area contributed by atoms with Crippen molar-refractivity contribution in [2.45, 2.75) is 68.9 Å². The van der Waals surface area contributed by atoms with E-state index >= 15 is 0 Å². The first-order chi connectivity index (χ1) is 8.90. The molecule has 2 saturated carbocycles. The molecule has 0 heterocycles. The van der Waals surface area contributed by atoms with Crippen LogP contribution in [0.15, 0.2) is 0 Å². The molecule has 0 unspecified atom stereocenters. The summed E-state index contributed by atoms with van der Waals surface area (Å²) >= 11 is 0. The number of carbonyl (C=O) groups is 2. The number of hydrogen-bond donors (Lipinski definition) is 2. The molecule has 0 spiro atoms. The van der Waals surface area contributed by atoms with Crippen LogP contribution in [0, 0.1) is 0 Å². The van der Waals surface area contributed by atoms with Gasteiger partial charge in [-0.25, -0.2) is 0 Å². The Morgan fingerprint density at radius 3 is 2.11 bits per heavy atom. The Morgan fingerprint density at radius 2 is 1.68 bits per heavy atom. The molecule has 0 aromatic rings. The lowest BCUT2D eigenvalue weighted by Gasteiger charge is -2.49. The predicted octanol–water partition coefficient (Wildman–Crippen LogP) is 1.50. The molecule has 0 radical (unpaired) electrons. The number of nitrogens with two attached hydrogens (primary N) is 1. The summed E-state index contributed by atoms with van der Waals surface area (Å²) in [5.74, 6) is -0.900. The highest BCUT2D eigenvalue weighted by Crippen LogP contribution is 2.39. The van der Waals surface area contributed by atoms with E-state index in [0.29, 0.717) is 0 Å². The van der Waals surface area contributed by atoms with Crippen molar-refractivity contribution in [1.29, 1.82) is 0 Å². The summed E-state index contributed by atoms with van der Waals surface area (Å²) in [7, 11) is 1.74. The lowest BCUT2D eigenvalue weighted by atomic mass is 9.73. The van der Waals surface area contributed by atoms with Gasteiger partial charge in [-0.2, -0.15) is 0 Å². The van der Waals surface area contributed by atoms with Crippen LogP contribution < -0.4 is 5.73 Å². The molecule has 0 aromatic heterocycles. The minimum atomic E-state index is -0.832. The van der Waals surface area contributed by atoms with Crippen LogP contribution in [0.4, 0.5) is 0 Å². The zero-order valence-electron chi connectivity index (χ0n) is 11.7. The molecule has 0 saturated heterocycles. The fourth-order valence-electron chi connectivity index (χ4n) is 3.44. The minimum Gasteiger partial charge on any atom is -0.481 e. The Labute approximate surface area is 114 Å². The van der Waals surface area contributed by atoms with Crippen molar-refractivity contribution in [1.82, 2.24) is 4.90 Å². The zero-order valence-corrected chi connectivity index (χ0v) is 11.7. The third-order valence-electron chi connectivity index (χ3n) is 4.95. The van der Waals surface area contributed by atoms with Crippen LogP contribution in [0.25, 0.3) is 0 Å². The summed E-state index contributed by atoms with van der Waals surface area (Å²) in [6.07, 6.45) is 7.11. The number of carbonyl (C=O) groups excluding carboxylic acids is 1. The second-order valence-corrected chi connectivity index (χ2v) is 6.23. The minimum absolute atomic E-state index is 0.0331. The molecule has 1 amide bonds. The van der Waals surface area contributed by atoms with Crippen molar-refractivity contribution in [3.8, 4) is 0 Å². The van der Waals surface area contributed by atoms with E-state index < -0.39 is 17.0 Å². The summed E-state index contributed by atoms with van der Waals surface area (Å²) < 4.78 is 0. The lowest BCUT2D eigenvalue weighted by molar-refractivity contribution is -0.151. The van der Waals surface area contributed by atoms with Crippen LogP contribution in [-0.2, 0) is 9.59 Å². The summed E-state index contributed by atoms with van der Waals surface area (Å²) in [5, 5.41) is 9.17. The quantitative estimate of drug-likeness (QED) is 0.809. The van der Waals surface area contributed by atoms with Crippen LogP contribution in [0.1, 0.15) is 57.8 Å². The molecule has 0 aliphatic heterocycles. The average Bonchev–Trinajstić information content (AvgIpc) is 2.34. The number of likely N-dealkylation sites (N-methyl/N-ethyl adjacent to an activating group) is 1. The molecule has 0 atom stereocenters. The maximum absolute atomic E-state index is 12.5. The zero-order chi connectivity index (χ0) is 14.1. The topological polar surface area (TPSA) is 83.6 Å². The monoisotopic (exact) mass is 268 g/mol. The summed E-state index contributed by atoms with van der Waals surface area (Å²) in [6, 6.07) is 0. The first-order valence-corrected chi connectivity index (χ1v) is 7.19. The van der Waals surface area contributed by atoms with Gasteiger partial charge in [-0.3, -0.25) is 9.59 Å². The smallest absolute Gasteiger partial charge is 0.305 e. The molecule has 5 nitrogen and oxygen atoms in total. The highest BCUT2D eigenvalue weighted by atomic mass is 16.4. The van der Waals surface area contributed by atoms with E-state index in [1.807, 2.05) is 0 Å². The second-order valence-electron chi connectivity index (χ2n) is 6.23. The maximum Gasteiger partial charge on any atom is 0.305 e. The SMILES string of the molecule is CN(C(=O)C1(N)CCC1)C1(CC(=O)O)CCCCC1. The van der Waals surface area contributed by atoms with Gasteiger partial charge in [0.05, 0.1) is 17.5 Å². The van der Waals surface area contributed by atoms with Crippen LogP contribution in [0.5, 0.6) is 0 Å². The van der Waals surface area contributed by atoms with Gasteiger partial charge in [0.2, 0.25) is 5.91 Å². The van der Waals surface area contributed by atoms with Crippen LogP contribution >= 0.6 is 0 Å². The van der Waals surface area contributed by atoms with E-state index in [9.17, 15) is 9.59 Å². The molecular weight excluding hydrogens is 244 g/mol. The van der Waals surface area contributed by atoms with Crippen molar-refractivity contribution in [3.05, 3.63) is 0 Å². The van der Waals surface area contributed by atoms with Crippen molar-refractivity contribution in [2.75, 3.05) is 7.05 Å². The van der Waals surface area contributed by atoms with Crippen molar-refractivity contribution in [2.24, 2.45) is 5.73 Å². The van der Waals surface area contributed by atoms with Gasteiger partial charge in [0.1, 0.15) is 0 Å². The highest BCUT2D eigenvalue weighted by Gasteiger charge is 2.48. The van der Waals surface area contributed by atoms with E-state index in [1.54, 1.807) is 11.9 Å². The molecule has 2 aliphatic carbocycles. The van der Waals surface area contributed by atoms with Gasteiger partial charge < -0.3 is 15.7 Å². The number of amides is 1. The van der Waals surface area contributed by atoms with Gasteiger partial charge in [-0.1, -0.05) is 19.3 Å². The second kappa shape index (κ2) is 5.12. The summed E-state index contributed by atoms with van der Waals surface area (Å²) in [5.41, 5.74) is 4.84. The molecule has 2 rings (SSSR count). The standard InChI is InChI=1S/C14H24N2O3/c1-16(12(19)14(15)8-5-9-14)13(10-11(17)18)6-3-2-4-7-13/h2-10,15H2,1H3,(H,17,18). The number of hydrogen-bond acceptors (Lipinski definition) is 3. The molecule has 2 aliphatic rings. The first-order valence-electron chi connectivity index (χ1n) is 7.19. The number of carboxylic acid groups (broad SMARTS) is 1. The Kier molecular flexibility index (Phi) is 3.85. The fraction of sp³-hybridized carbons (Fsp3) is 0.857. The van der Waals surface area contributed by atoms with Crippen LogP contribution in [-0.4, -0.2) is 40.0 Å². The van der Waals surface area contributed by atoms with E-state index in [4.69, 9.17) is 10.8 Å². The molecule has 19 heavy (non-hydrogen) atoms. The fourth-order valence-corrected chi connectivity index (χ4v) is 3.44. The molecule has 0 aromatic carbocycles. The lowest BCUT2D eigenvalue weighted by Crippen LogP contribution is -2.64. The molecule has 108 valence electrons. The van der Waals surface area contributed by atoms with Crippen molar-refractivity contribution >= 4 is 11.9 Å². The first kappa shape index (κ1) is 14.3. The number of aliphatic carboxylic acids is 1. The van der Waals surface area contributed by atoms with E-state index in [0.717, 1.165) is 51.4 Å². The van der Waals surface area contributed by atoms with Gasteiger partial charge in [0.15, 0.2) is 0 Å². The Morgan fingerprint density at radius 1 is 1.11 bits per heavy atom. The molecule has 5 heteroatoms. The van der Waals surface area contributed by atoms with E-state index in [-0.39, 0.29) is 12.3 Å². The largest absolute Gasteiger partial charge is 0.481 e. The highest BCUT2D eigenvalue weighted by molar-refractivity contribution is 5.88. The third kappa shape index (κ3) is 2.61. The molecule has 2 fully saturated rings. The number of carboxylic acids is 1. The molecular formula is C14H24N2O3. The average molecular weight is 268 g/mol. The van der Waals surface area contributed by atoms with Gasteiger partial charge >= 0.3 is 5.97 Å². The third-order valence-corrected chi connectivity index (χ3v) is 4.95. The Bertz CT molecular complexity index is 371. The van der Waals surface area contributed by atoms with Gasteiger partial charge in [-0.05, 0) is 32.1 Å². The summed E-state index contributed by atoms with van der Waals surface area (Å²) in [6.45, 7) is 0. The molecule has 0 bridgehead atoms. The van der Waals surface area contributed by atoms with Crippen molar-refractivity contribution in [3.63, 3.8) is 0 Å². The van der Waals surface area contributed by atoms with Crippen LogP contribution in [0.3, 0.4) is 0 Å². The Hall–Kier alpha value is -1.10. The molecule has 3 N–H and O–H groups in total. The van der Waals surface area contributed by atoms with Crippen LogP contribution in [0.2, 0.25) is 0 Å². The maximum atomic E-state index is 12.5. The van der Waals surface area contributed by atoms with E-state index in [1.165, 1.54) is 0 Å². The Balaban J connectivity index is 2.17. The van der Waals surface area contributed by atoms with E-state index in [2.05, 4.69) is 0 Å². The summed E-state index contributed by atoms with van der Waals surface area (Å²) in [4.78, 5) is 25.4. The number of rotatable bonds is 4. The predicted molar refractivity (Wildman–Crippen MR) is 71.6 cm³/mol. The normalized spacial score (nSPS) is 24.3. The van der Waals surface area contributed by atoms with Gasteiger partial charge in [-0.15, -0.1) is 0 Å². The van der Waals surface area contributed by atoms with Gasteiger partial charge in [0, 0.05) is 7.05 Å². The number of nitrogens with zero attached hydrogens (tertiary/aromatic N) is 1.